The lowest BCUT2D eigenvalue weighted by molar-refractivity contribution is 0.262. The predicted octanol–water partition coefficient (Wildman–Crippen LogP) is 7.56. The molecule has 3 aromatic carbocycles. The van der Waals surface area contributed by atoms with Crippen LogP contribution >= 0.6 is 11.6 Å². The molecule has 2 heterocycles. The van der Waals surface area contributed by atoms with Crippen LogP contribution in [0.1, 0.15) is 50.4 Å². The molecule has 1 fully saturated rings. The SMILES string of the molecule is Cc1ccc(-n2nc(C(C)(C)C)cc2NC(=O)Nc2cccc(CC3CCN(S(=O)(=O)c4ccc(F)cc4Cl)CC3)c2)cc1. The highest BCUT2D eigenvalue weighted by atomic mass is 35.5. The lowest BCUT2D eigenvalue weighted by atomic mass is 9.91. The van der Waals surface area contributed by atoms with E-state index in [4.69, 9.17) is 16.7 Å². The number of amides is 2. The third kappa shape index (κ3) is 7.31. The number of carbonyl (C=O) groups is 1. The Hall–Kier alpha value is -3.73. The first-order chi connectivity index (χ1) is 20.8. The smallest absolute Gasteiger partial charge is 0.308 e. The number of carbonyl (C=O) groups excluding carboxylic acids is 1. The average Bonchev–Trinajstić information content (AvgIpc) is 3.38. The van der Waals surface area contributed by atoms with E-state index in [1.807, 2.05) is 61.5 Å². The van der Waals surface area contributed by atoms with Crippen molar-refractivity contribution in [3.8, 4) is 5.69 Å². The van der Waals surface area contributed by atoms with E-state index >= 15 is 0 Å². The minimum atomic E-state index is -3.81. The van der Waals surface area contributed by atoms with Crippen molar-refractivity contribution in [2.75, 3.05) is 23.7 Å². The molecular weight excluding hydrogens is 601 g/mol. The normalized spacial score (nSPS) is 14.9. The lowest BCUT2D eigenvalue weighted by Gasteiger charge is -2.31. The van der Waals surface area contributed by atoms with Crippen molar-refractivity contribution in [3.05, 3.63) is 100 Å². The van der Waals surface area contributed by atoms with Crippen LogP contribution in [0.3, 0.4) is 0 Å². The number of aryl methyl sites for hydroxylation is 1. The minimum absolute atomic E-state index is 0.0763. The summed E-state index contributed by atoms with van der Waals surface area (Å²) in [5, 5.41) is 10.6. The molecule has 11 heteroatoms. The molecule has 44 heavy (non-hydrogen) atoms. The maximum absolute atomic E-state index is 13.4. The van der Waals surface area contributed by atoms with Crippen molar-refractivity contribution < 1.29 is 17.6 Å². The van der Waals surface area contributed by atoms with Crippen molar-refractivity contribution >= 4 is 39.2 Å². The van der Waals surface area contributed by atoms with E-state index in [-0.39, 0.29) is 27.3 Å². The van der Waals surface area contributed by atoms with E-state index in [2.05, 4.69) is 31.4 Å². The Morgan fingerprint density at radius 1 is 1.00 bits per heavy atom. The average molecular weight is 638 g/mol. The van der Waals surface area contributed by atoms with Gasteiger partial charge >= 0.3 is 6.03 Å². The Morgan fingerprint density at radius 2 is 1.70 bits per heavy atom. The molecule has 0 atom stereocenters. The maximum atomic E-state index is 13.4. The van der Waals surface area contributed by atoms with Gasteiger partial charge in [0.1, 0.15) is 16.5 Å². The third-order valence-corrected chi connectivity index (χ3v) is 10.2. The second-order valence-electron chi connectivity index (χ2n) is 12.3. The van der Waals surface area contributed by atoms with Gasteiger partial charge in [-0.15, -0.1) is 0 Å². The number of urea groups is 1. The molecule has 1 aliphatic rings. The standard InChI is InChI=1S/C33H37ClFN5O3S/c1-22-8-11-27(12-9-22)40-31(21-30(38-40)33(2,3)4)37-32(41)36-26-7-5-6-24(19-26)18-23-14-16-39(17-15-23)44(42,43)29-13-10-25(35)20-28(29)34/h5-13,19-21,23H,14-18H2,1-4H3,(H2,36,37,41). The van der Waals surface area contributed by atoms with Gasteiger partial charge in [0.05, 0.1) is 16.4 Å². The molecule has 0 unspecified atom stereocenters. The van der Waals surface area contributed by atoms with Crippen LogP contribution in [0.2, 0.25) is 5.02 Å². The Kier molecular flexibility index (Phi) is 9.15. The number of rotatable bonds is 7. The summed E-state index contributed by atoms with van der Waals surface area (Å²) >= 11 is 6.04. The van der Waals surface area contributed by atoms with Gasteiger partial charge in [-0.25, -0.2) is 22.3 Å². The Balaban J connectivity index is 1.22. The van der Waals surface area contributed by atoms with Gasteiger partial charge in [-0.05, 0) is 80.1 Å². The molecule has 232 valence electrons. The van der Waals surface area contributed by atoms with E-state index in [1.165, 1.54) is 10.4 Å². The van der Waals surface area contributed by atoms with E-state index in [0.717, 1.165) is 41.1 Å². The zero-order valence-electron chi connectivity index (χ0n) is 25.3. The van der Waals surface area contributed by atoms with Crippen LogP contribution in [0.15, 0.2) is 77.7 Å². The molecule has 8 nitrogen and oxygen atoms in total. The quantitative estimate of drug-likeness (QED) is 0.219. The number of nitrogens with one attached hydrogen (secondary N) is 2. The summed E-state index contributed by atoms with van der Waals surface area (Å²) in [7, 11) is -3.81. The molecule has 1 saturated heterocycles. The van der Waals surface area contributed by atoms with Gasteiger partial charge in [0, 0.05) is 30.3 Å². The highest BCUT2D eigenvalue weighted by Crippen LogP contribution is 2.31. The summed E-state index contributed by atoms with van der Waals surface area (Å²) < 4.78 is 42.8. The number of anilines is 2. The van der Waals surface area contributed by atoms with E-state index in [1.54, 1.807) is 4.68 Å². The molecular formula is C33H37ClFN5O3S. The third-order valence-electron chi connectivity index (χ3n) is 7.79. The fourth-order valence-electron chi connectivity index (χ4n) is 5.28. The number of halogens is 2. The largest absolute Gasteiger partial charge is 0.324 e. The highest BCUT2D eigenvalue weighted by Gasteiger charge is 2.31. The van der Waals surface area contributed by atoms with Crippen LogP contribution in [0.25, 0.3) is 5.69 Å². The van der Waals surface area contributed by atoms with Crippen LogP contribution in [0, 0.1) is 18.7 Å². The number of nitrogens with zero attached hydrogens (tertiary/aromatic N) is 3. The van der Waals surface area contributed by atoms with Gasteiger partial charge in [-0.1, -0.05) is 62.2 Å². The van der Waals surface area contributed by atoms with Crippen LogP contribution in [-0.4, -0.2) is 41.6 Å². The monoisotopic (exact) mass is 637 g/mol. The summed E-state index contributed by atoms with van der Waals surface area (Å²) in [4.78, 5) is 13.0. The van der Waals surface area contributed by atoms with Crippen molar-refractivity contribution in [3.63, 3.8) is 0 Å². The summed E-state index contributed by atoms with van der Waals surface area (Å²) in [6, 6.07) is 20.5. The van der Waals surface area contributed by atoms with E-state index in [9.17, 15) is 17.6 Å². The zero-order chi connectivity index (χ0) is 31.6. The first-order valence-electron chi connectivity index (χ1n) is 14.6. The van der Waals surface area contributed by atoms with Crippen LogP contribution in [0.4, 0.5) is 20.7 Å². The molecule has 0 aliphatic carbocycles. The van der Waals surface area contributed by atoms with Gasteiger partial charge in [0.25, 0.3) is 0 Å². The fourth-order valence-corrected chi connectivity index (χ4v) is 7.26. The van der Waals surface area contributed by atoms with Crippen molar-refractivity contribution in [2.24, 2.45) is 5.92 Å². The number of sulfonamides is 1. The number of hydrogen-bond acceptors (Lipinski definition) is 4. The van der Waals surface area contributed by atoms with Gasteiger partial charge in [0.2, 0.25) is 10.0 Å². The summed E-state index contributed by atoms with van der Waals surface area (Å²) in [6.07, 6.45) is 2.10. The van der Waals surface area contributed by atoms with E-state index < -0.39 is 15.8 Å². The second kappa shape index (κ2) is 12.7. The van der Waals surface area contributed by atoms with Gasteiger partial charge in [-0.2, -0.15) is 9.40 Å². The molecule has 1 aromatic heterocycles. The Morgan fingerprint density at radius 3 is 2.36 bits per heavy atom. The molecule has 2 N–H and O–H groups in total. The van der Waals surface area contributed by atoms with Gasteiger partial charge in [0.15, 0.2) is 0 Å². The molecule has 0 saturated carbocycles. The van der Waals surface area contributed by atoms with Gasteiger partial charge < -0.3 is 5.32 Å². The van der Waals surface area contributed by atoms with Crippen molar-refractivity contribution in [1.29, 1.82) is 0 Å². The van der Waals surface area contributed by atoms with Crippen molar-refractivity contribution in [2.45, 2.75) is 57.3 Å². The van der Waals surface area contributed by atoms with Crippen LogP contribution in [-0.2, 0) is 21.9 Å². The maximum Gasteiger partial charge on any atom is 0.324 e. The zero-order valence-corrected chi connectivity index (χ0v) is 26.8. The first kappa shape index (κ1) is 31.7. The Labute approximate surface area is 263 Å². The topological polar surface area (TPSA) is 96.3 Å². The first-order valence-corrected chi connectivity index (χ1v) is 16.4. The molecule has 1 aliphatic heterocycles. The van der Waals surface area contributed by atoms with Crippen LogP contribution in [0.5, 0.6) is 0 Å². The minimum Gasteiger partial charge on any atom is -0.308 e. The van der Waals surface area contributed by atoms with Crippen molar-refractivity contribution in [1.82, 2.24) is 14.1 Å². The highest BCUT2D eigenvalue weighted by molar-refractivity contribution is 7.89. The predicted molar refractivity (Wildman–Crippen MR) is 173 cm³/mol. The molecule has 0 radical (unpaired) electrons. The summed E-state index contributed by atoms with van der Waals surface area (Å²) in [5.41, 5.74) is 4.34. The van der Waals surface area contributed by atoms with Crippen LogP contribution < -0.4 is 10.6 Å². The number of benzene rings is 3. The summed E-state index contributed by atoms with van der Waals surface area (Å²) in [6.45, 7) is 8.96. The Bertz CT molecular complexity index is 1760. The molecule has 0 bridgehead atoms. The number of aromatic nitrogens is 2. The molecule has 2 amide bonds. The number of hydrogen-bond donors (Lipinski definition) is 2. The summed E-state index contributed by atoms with van der Waals surface area (Å²) in [5.74, 6) is 0.260. The lowest BCUT2D eigenvalue weighted by Crippen LogP contribution is -2.39. The molecule has 4 aromatic rings. The second-order valence-corrected chi connectivity index (χ2v) is 14.6. The molecule has 5 rings (SSSR count). The van der Waals surface area contributed by atoms with Gasteiger partial charge in [-0.3, -0.25) is 5.32 Å². The number of piperidine rings is 1. The van der Waals surface area contributed by atoms with E-state index in [0.29, 0.717) is 37.4 Å². The molecule has 0 spiro atoms. The fraction of sp³-hybridized carbons (Fsp3) is 0.333.